The van der Waals surface area contributed by atoms with E-state index in [1.807, 2.05) is 0 Å². The maximum Gasteiger partial charge on any atom is 0.00925 e. The van der Waals surface area contributed by atoms with Crippen molar-refractivity contribution < 1.29 is 0 Å². The van der Waals surface area contributed by atoms with Crippen molar-refractivity contribution in [3.8, 4) is 0 Å². The van der Waals surface area contributed by atoms with E-state index in [2.05, 4.69) is 40.1 Å². The highest BCUT2D eigenvalue weighted by atomic mass is 14.9. The van der Waals surface area contributed by atoms with E-state index in [-0.39, 0.29) is 0 Å². The van der Waals surface area contributed by atoms with Gasteiger partial charge < -0.3 is 5.32 Å². The van der Waals surface area contributed by atoms with E-state index < -0.39 is 0 Å². The molecule has 3 unspecified atom stereocenters. The molecule has 1 fully saturated rings. The van der Waals surface area contributed by atoms with Crippen molar-refractivity contribution in [1.82, 2.24) is 5.32 Å². The Hall–Kier alpha value is -0.0400. The molecule has 0 bridgehead atoms. The Bertz CT molecular complexity index is 204. The Kier molecular flexibility index (Phi) is 5.99. The van der Waals surface area contributed by atoms with Gasteiger partial charge in [-0.3, -0.25) is 0 Å². The smallest absolute Gasteiger partial charge is 0.00925 e. The monoisotopic (exact) mass is 239 g/mol. The van der Waals surface area contributed by atoms with Crippen LogP contribution in [-0.4, -0.2) is 13.1 Å². The molecule has 17 heavy (non-hydrogen) atoms. The highest BCUT2D eigenvalue weighted by Crippen LogP contribution is 2.35. The second-order valence-corrected chi connectivity index (χ2v) is 7.20. The van der Waals surface area contributed by atoms with Gasteiger partial charge in [0, 0.05) is 6.04 Å². The molecule has 1 aliphatic carbocycles. The predicted molar refractivity (Wildman–Crippen MR) is 77.3 cm³/mol. The third-order valence-electron chi connectivity index (χ3n) is 4.54. The summed E-state index contributed by atoms with van der Waals surface area (Å²) in [6.07, 6.45) is 9.89. The normalized spacial score (nSPS) is 30.5. The molecule has 0 aliphatic heterocycles. The zero-order valence-corrected chi connectivity index (χ0v) is 12.7. The van der Waals surface area contributed by atoms with Gasteiger partial charge in [-0.05, 0) is 56.4 Å². The Morgan fingerprint density at radius 1 is 1.18 bits per heavy atom. The van der Waals surface area contributed by atoms with Crippen LogP contribution in [0.1, 0.15) is 72.6 Å². The number of hydrogen-bond donors (Lipinski definition) is 1. The van der Waals surface area contributed by atoms with Gasteiger partial charge in [-0.2, -0.15) is 0 Å². The zero-order chi connectivity index (χ0) is 12.9. The van der Waals surface area contributed by atoms with Gasteiger partial charge in [-0.25, -0.2) is 0 Å². The van der Waals surface area contributed by atoms with Crippen LogP contribution in [0, 0.1) is 17.3 Å². The highest BCUT2D eigenvalue weighted by molar-refractivity contribution is 4.83. The second kappa shape index (κ2) is 6.78. The molecule has 0 saturated heterocycles. The first kappa shape index (κ1) is 15.0. The van der Waals surface area contributed by atoms with Gasteiger partial charge in [-0.1, -0.05) is 40.5 Å². The van der Waals surface area contributed by atoms with E-state index in [1.54, 1.807) is 0 Å². The molecular formula is C16H33N. The summed E-state index contributed by atoms with van der Waals surface area (Å²) >= 11 is 0. The molecule has 0 spiro atoms. The lowest BCUT2D eigenvalue weighted by Crippen LogP contribution is -2.38. The minimum atomic E-state index is 0.508. The molecule has 0 aromatic carbocycles. The first-order chi connectivity index (χ1) is 7.96. The average Bonchev–Trinajstić information content (AvgIpc) is 2.27. The quantitative estimate of drug-likeness (QED) is 0.738. The van der Waals surface area contributed by atoms with Crippen LogP contribution in [0.4, 0.5) is 0 Å². The lowest BCUT2D eigenvalue weighted by atomic mass is 9.74. The lowest BCUT2D eigenvalue weighted by Gasteiger charge is -2.36. The van der Waals surface area contributed by atoms with Crippen molar-refractivity contribution in [2.24, 2.45) is 17.3 Å². The third-order valence-corrected chi connectivity index (χ3v) is 4.54. The highest BCUT2D eigenvalue weighted by Gasteiger charge is 2.28. The summed E-state index contributed by atoms with van der Waals surface area (Å²) in [6, 6.07) is 0.790. The zero-order valence-electron chi connectivity index (χ0n) is 12.7. The van der Waals surface area contributed by atoms with Crippen molar-refractivity contribution in [1.29, 1.82) is 0 Å². The molecule has 1 aliphatic rings. The van der Waals surface area contributed by atoms with Crippen molar-refractivity contribution in [2.75, 3.05) is 7.05 Å². The van der Waals surface area contributed by atoms with Crippen molar-refractivity contribution >= 4 is 0 Å². The Balaban J connectivity index is 2.36. The molecule has 1 saturated carbocycles. The van der Waals surface area contributed by atoms with E-state index in [0.29, 0.717) is 5.41 Å². The molecule has 102 valence electrons. The summed E-state index contributed by atoms with van der Waals surface area (Å²) in [5.74, 6) is 1.93. The van der Waals surface area contributed by atoms with Crippen LogP contribution in [0.15, 0.2) is 0 Å². The van der Waals surface area contributed by atoms with Crippen LogP contribution < -0.4 is 5.32 Å². The fourth-order valence-corrected chi connectivity index (χ4v) is 3.33. The van der Waals surface area contributed by atoms with E-state index in [4.69, 9.17) is 0 Å². The Morgan fingerprint density at radius 3 is 2.41 bits per heavy atom. The number of hydrogen-bond acceptors (Lipinski definition) is 1. The molecule has 1 nitrogen and oxygen atoms in total. The SMILES string of the molecule is CCC1CCC(NC)C(CCCC(C)(C)C)C1. The topological polar surface area (TPSA) is 12.0 Å². The molecule has 0 aromatic heterocycles. The summed E-state index contributed by atoms with van der Waals surface area (Å²) in [4.78, 5) is 0. The van der Waals surface area contributed by atoms with E-state index in [0.717, 1.165) is 17.9 Å². The number of nitrogens with one attached hydrogen (secondary N) is 1. The Morgan fingerprint density at radius 2 is 1.88 bits per heavy atom. The minimum Gasteiger partial charge on any atom is -0.317 e. The maximum atomic E-state index is 3.55. The van der Waals surface area contributed by atoms with Crippen LogP contribution in [0.3, 0.4) is 0 Å². The van der Waals surface area contributed by atoms with Crippen molar-refractivity contribution in [2.45, 2.75) is 78.7 Å². The van der Waals surface area contributed by atoms with Gasteiger partial charge in [0.15, 0.2) is 0 Å². The Labute approximate surface area is 109 Å². The first-order valence-corrected chi connectivity index (χ1v) is 7.63. The van der Waals surface area contributed by atoms with Crippen LogP contribution in [0.2, 0.25) is 0 Å². The van der Waals surface area contributed by atoms with Crippen molar-refractivity contribution in [3.05, 3.63) is 0 Å². The fraction of sp³-hybridized carbons (Fsp3) is 1.00. The van der Waals surface area contributed by atoms with E-state index in [1.165, 1.54) is 44.9 Å². The largest absolute Gasteiger partial charge is 0.317 e. The van der Waals surface area contributed by atoms with E-state index >= 15 is 0 Å². The van der Waals surface area contributed by atoms with Gasteiger partial charge in [0.2, 0.25) is 0 Å². The molecule has 0 aromatic rings. The summed E-state index contributed by atoms with van der Waals surface area (Å²) in [5, 5.41) is 3.55. The van der Waals surface area contributed by atoms with Crippen LogP contribution >= 0.6 is 0 Å². The van der Waals surface area contributed by atoms with Crippen LogP contribution in [-0.2, 0) is 0 Å². The van der Waals surface area contributed by atoms with E-state index in [9.17, 15) is 0 Å². The van der Waals surface area contributed by atoms with Gasteiger partial charge in [0.05, 0.1) is 0 Å². The molecule has 0 amide bonds. The van der Waals surface area contributed by atoms with Gasteiger partial charge >= 0.3 is 0 Å². The molecule has 0 radical (unpaired) electrons. The summed E-state index contributed by atoms with van der Waals surface area (Å²) in [7, 11) is 2.15. The molecule has 1 heteroatoms. The summed E-state index contributed by atoms with van der Waals surface area (Å²) in [6.45, 7) is 9.44. The molecule has 3 atom stereocenters. The second-order valence-electron chi connectivity index (χ2n) is 7.20. The fourth-order valence-electron chi connectivity index (χ4n) is 3.33. The summed E-state index contributed by atoms with van der Waals surface area (Å²) in [5.41, 5.74) is 0.508. The molecule has 0 heterocycles. The van der Waals surface area contributed by atoms with Crippen molar-refractivity contribution in [3.63, 3.8) is 0 Å². The van der Waals surface area contributed by atoms with Gasteiger partial charge in [-0.15, -0.1) is 0 Å². The predicted octanol–water partition coefficient (Wildman–Crippen LogP) is 4.62. The minimum absolute atomic E-state index is 0.508. The lowest BCUT2D eigenvalue weighted by molar-refractivity contribution is 0.187. The maximum absolute atomic E-state index is 3.55. The first-order valence-electron chi connectivity index (χ1n) is 7.63. The van der Waals surface area contributed by atoms with Gasteiger partial charge in [0.1, 0.15) is 0 Å². The molecule has 1 N–H and O–H groups in total. The molecular weight excluding hydrogens is 206 g/mol. The number of rotatable bonds is 5. The van der Waals surface area contributed by atoms with Gasteiger partial charge in [0.25, 0.3) is 0 Å². The average molecular weight is 239 g/mol. The standard InChI is InChI=1S/C16H33N/c1-6-13-9-10-15(17-5)14(12-13)8-7-11-16(2,3)4/h13-15,17H,6-12H2,1-5H3. The molecule has 1 rings (SSSR count). The van der Waals surface area contributed by atoms with Crippen LogP contribution in [0.25, 0.3) is 0 Å². The summed E-state index contributed by atoms with van der Waals surface area (Å²) < 4.78 is 0. The van der Waals surface area contributed by atoms with Crippen LogP contribution in [0.5, 0.6) is 0 Å². The third kappa shape index (κ3) is 5.42.